The first kappa shape index (κ1) is 27.3. The van der Waals surface area contributed by atoms with Crippen LogP contribution in [0.5, 0.6) is 17.2 Å². The van der Waals surface area contributed by atoms with E-state index in [2.05, 4.69) is 4.98 Å². The highest BCUT2D eigenvalue weighted by Gasteiger charge is 2.39. The number of aliphatic hydroxyl groups excluding tert-OH is 1. The number of aliphatic hydroxyl groups is 1. The van der Waals surface area contributed by atoms with Crippen LogP contribution in [-0.4, -0.2) is 35.0 Å². The van der Waals surface area contributed by atoms with Crippen molar-refractivity contribution in [3.63, 3.8) is 0 Å². The van der Waals surface area contributed by atoms with Gasteiger partial charge in [0.1, 0.15) is 26.3 Å². The van der Waals surface area contributed by atoms with Crippen LogP contribution in [0.3, 0.4) is 0 Å². The molecule has 1 aromatic carbocycles. The molecule has 1 N–H and O–H groups in total. The lowest BCUT2D eigenvalue weighted by atomic mass is 10.1. The molecule has 0 aliphatic carbocycles. The Morgan fingerprint density at radius 2 is 2.00 bits per heavy atom. The molecule has 0 radical (unpaired) electrons. The van der Waals surface area contributed by atoms with Gasteiger partial charge in [0.15, 0.2) is 23.0 Å². The van der Waals surface area contributed by atoms with Gasteiger partial charge in [-0.25, -0.2) is 18.2 Å². The normalized spacial score (nSPS) is 11.4. The number of ether oxygens (including phenoxy) is 2. The minimum atomic E-state index is -5.24. The van der Waals surface area contributed by atoms with Crippen LogP contribution in [0.1, 0.15) is 28.9 Å². The lowest BCUT2D eigenvalue weighted by molar-refractivity contribution is -0.890. The molecule has 196 valence electrons. The molecule has 3 aromatic rings. The molecule has 0 saturated heterocycles. The summed E-state index contributed by atoms with van der Waals surface area (Å²) in [5.74, 6) is -3.94. The predicted octanol–water partition coefficient (Wildman–Crippen LogP) is 2.77. The maximum Gasteiger partial charge on any atom is 0.437 e. The molecule has 3 rings (SSSR count). The molecule has 0 amide bonds. The van der Waals surface area contributed by atoms with Crippen molar-refractivity contribution in [3.05, 3.63) is 75.5 Å². The highest BCUT2D eigenvalue weighted by atomic mass is 19.4. The zero-order valence-corrected chi connectivity index (χ0v) is 18.8. The summed E-state index contributed by atoms with van der Waals surface area (Å²) in [7, 11) is 1.26. The average Bonchev–Trinajstić information content (AvgIpc) is 2.85. The Morgan fingerprint density at radius 3 is 2.59 bits per heavy atom. The van der Waals surface area contributed by atoms with Crippen molar-refractivity contribution >= 4 is 0 Å². The largest absolute Gasteiger partial charge is 0.485 e. The number of alkyl halides is 5. The molecule has 9 nitrogen and oxygen atoms in total. The summed E-state index contributed by atoms with van der Waals surface area (Å²) in [4.78, 5) is 21.4. The highest BCUT2D eigenvalue weighted by molar-refractivity contribution is 5.45. The van der Waals surface area contributed by atoms with Gasteiger partial charge in [-0.05, 0) is 18.2 Å². The fourth-order valence-corrected chi connectivity index (χ4v) is 3.10. The molecule has 0 atom stereocenters. The Balaban J connectivity index is 2.10. The summed E-state index contributed by atoms with van der Waals surface area (Å²) >= 11 is 0. The second-order valence-electron chi connectivity index (χ2n) is 7.18. The molecule has 0 unspecified atom stereocenters. The maximum absolute atomic E-state index is 14.6. The van der Waals surface area contributed by atoms with Crippen LogP contribution < -0.4 is 24.6 Å². The highest BCUT2D eigenvalue weighted by Crippen LogP contribution is 2.36. The molecule has 0 fully saturated rings. The van der Waals surface area contributed by atoms with Crippen LogP contribution in [0, 0.1) is 17.1 Å². The molecule has 2 heterocycles. The molecule has 2 aromatic heterocycles. The SMILES string of the molecule is CO[n+]1cc(OCCO)ccc1Cn1cnc(C(F)(F)F)c(Oc2cc(C(F)F)cc(C#N)c2F)c1=O. The molecule has 0 aliphatic rings. The summed E-state index contributed by atoms with van der Waals surface area (Å²) in [6.45, 7) is -0.707. The number of halogens is 6. The monoisotopic (exact) mass is 531 g/mol. The fraction of sp³-hybridized carbons (Fsp3) is 0.273. The maximum atomic E-state index is 14.6. The number of nitriles is 1. The molecular weight excluding hydrogens is 514 g/mol. The Labute approximate surface area is 204 Å². The van der Waals surface area contributed by atoms with Crippen molar-refractivity contribution < 1.29 is 50.5 Å². The van der Waals surface area contributed by atoms with E-state index in [1.807, 2.05) is 0 Å². The zero-order chi connectivity index (χ0) is 27.3. The van der Waals surface area contributed by atoms with Crippen molar-refractivity contribution in [3.8, 4) is 23.3 Å². The Hall–Kier alpha value is -4.32. The van der Waals surface area contributed by atoms with Crippen molar-refractivity contribution in [1.29, 1.82) is 5.26 Å². The van der Waals surface area contributed by atoms with Gasteiger partial charge in [-0.3, -0.25) is 14.2 Å². The first-order valence-electron chi connectivity index (χ1n) is 10.2. The van der Waals surface area contributed by atoms with Crippen LogP contribution in [0.25, 0.3) is 0 Å². The van der Waals surface area contributed by atoms with Gasteiger partial charge in [-0.15, -0.1) is 0 Å². The second kappa shape index (κ2) is 11.2. The van der Waals surface area contributed by atoms with Crippen LogP contribution in [0.4, 0.5) is 26.3 Å². The molecule has 0 saturated carbocycles. The first-order valence-corrected chi connectivity index (χ1v) is 10.2. The van der Waals surface area contributed by atoms with Crippen LogP contribution in [-0.2, 0) is 12.7 Å². The van der Waals surface area contributed by atoms with E-state index in [9.17, 15) is 31.1 Å². The molecular formula is C22H17F6N4O5+. The van der Waals surface area contributed by atoms with E-state index in [1.165, 1.54) is 31.5 Å². The van der Waals surface area contributed by atoms with Crippen LogP contribution in [0.2, 0.25) is 0 Å². The van der Waals surface area contributed by atoms with Gasteiger partial charge in [0.25, 0.3) is 23.9 Å². The fourth-order valence-electron chi connectivity index (χ4n) is 3.10. The van der Waals surface area contributed by atoms with E-state index in [-0.39, 0.29) is 24.7 Å². The van der Waals surface area contributed by atoms with E-state index in [1.54, 1.807) is 0 Å². The number of hydrogen-bond acceptors (Lipinski definition) is 7. The summed E-state index contributed by atoms with van der Waals surface area (Å²) < 4.78 is 93.6. The van der Waals surface area contributed by atoms with Gasteiger partial charge in [0.05, 0.1) is 18.5 Å². The van der Waals surface area contributed by atoms with Crippen molar-refractivity contribution in [2.75, 3.05) is 20.3 Å². The van der Waals surface area contributed by atoms with E-state index in [0.717, 1.165) is 4.73 Å². The van der Waals surface area contributed by atoms with Crippen molar-refractivity contribution in [2.24, 2.45) is 0 Å². The van der Waals surface area contributed by atoms with Gasteiger partial charge in [-0.1, -0.05) is 0 Å². The van der Waals surface area contributed by atoms with E-state index in [4.69, 9.17) is 24.7 Å². The number of hydrogen-bond donors (Lipinski definition) is 1. The lowest BCUT2D eigenvalue weighted by Crippen LogP contribution is -2.45. The standard InChI is InChI=1S/C22H17F6N4O5/c1-35-32-10-15(36-5-4-33)3-2-14(32)9-31-11-30-19(22(26,27)28)18(21(31)34)37-16-7-12(20(24)25)6-13(8-29)17(16)23/h2-3,6-7,10-11,20,33H,4-5,9H2,1H3/q+1. The average molecular weight is 531 g/mol. The Kier molecular flexibility index (Phi) is 8.23. The zero-order valence-electron chi connectivity index (χ0n) is 18.8. The Bertz CT molecular complexity index is 1390. The second-order valence-corrected chi connectivity index (χ2v) is 7.18. The van der Waals surface area contributed by atoms with Crippen molar-refractivity contribution in [2.45, 2.75) is 19.1 Å². The van der Waals surface area contributed by atoms with Gasteiger partial charge >= 0.3 is 6.18 Å². The number of nitrogens with zero attached hydrogens (tertiary/aromatic N) is 4. The van der Waals surface area contributed by atoms with Gasteiger partial charge in [0.2, 0.25) is 5.75 Å². The summed E-state index contributed by atoms with van der Waals surface area (Å²) in [5.41, 5.74) is -4.87. The Morgan fingerprint density at radius 1 is 1.27 bits per heavy atom. The third-order valence-corrected chi connectivity index (χ3v) is 4.77. The minimum absolute atomic E-state index is 0.0249. The van der Waals surface area contributed by atoms with Crippen LogP contribution in [0.15, 0.2) is 41.6 Å². The van der Waals surface area contributed by atoms with E-state index >= 15 is 0 Å². The van der Waals surface area contributed by atoms with Crippen LogP contribution >= 0.6 is 0 Å². The summed E-state index contributed by atoms with van der Waals surface area (Å²) in [6, 6.07) is 5.05. The van der Waals surface area contributed by atoms with Gasteiger partial charge < -0.3 is 14.6 Å². The first-order chi connectivity index (χ1) is 17.5. The predicted molar refractivity (Wildman–Crippen MR) is 110 cm³/mol. The van der Waals surface area contributed by atoms with E-state index in [0.29, 0.717) is 23.0 Å². The lowest BCUT2D eigenvalue weighted by Gasteiger charge is -2.15. The molecule has 0 aliphatic heterocycles. The minimum Gasteiger partial charge on any atom is -0.485 e. The topological polar surface area (TPSA) is 110 Å². The molecule has 37 heavy (non-hydrogen) atoms. The van der Waals surface area contributed by atoms with Gasteiger partial charge in [0, 0.05) is 16.4 Å². The number of aromatic nitrogens is 3. The smallest absolute Gasteiger partial charge is 0.437 e. The summed E-state index contributed by atoms with van der Waals surface area (Å²) in [5, 5.41) is 17.9. The quantitative estimate of drug-likeness (QED) is 0.334. The number of pyridine rings is 1. The molecule has 0 bridgehead atoms. The van der Waals surface area contributed by atoms with Crippen molar-refractivity contribution in [1.82, 2.24) is 9.55 Å². The third kappa shape index (κ3) is 6.09. The number of rotatable bonds is 9. The summed E-state index contributed by atoms with van der Waals surface area (Å²) in [6.07, 6.45) is -6.54. The molecule has 0 spiro atoms. The third-order valence-electron chi connectivity index (χ3n) is 4.77. The van der Waals surface area contributed by atoms with Gasteiger partial charge in [-0.2, -0.15) is 18.4 Å². The molecule has 15 heteroatoms. The number of benzene rings is 1. The van der Waals surface area contributed by atoms with E-state index < -0.39 is 58.8 Å².